The number of sulfone groups is 1. The highest BCUT2D eigenvalue weighted by Crippen LogP contribution is 2.23. The number of carbonyl (C=O) groups excluding carboxylic acids is 1. The lowest BCUT2D eigenvalue weighted by Gasteiger charge is -2.22. The van der Waals surface area contributed by atoms with E-state index in [-0.39, 0.29) is 34.5 Å². The maximum Gasteiger partial charge on any atom is 0.178 e. The van der Waals surface area contributed by atoms with Gasteiger partial charge in [0.1, 0.15) is 5.84 Å². The number of aliphatic carboxylic acids is 1. The summed E-state index contributed by atoms with van der Waals surface area (Å²) < 4.78 is 24.0. The summed E-state index contributed by atoms with van der Waals surface area (Å²) in [5.74, 6) is -1.56. The molecule has 9 heteroatoms. The molecule has 1 unspecified atom stereocenters. The fourth-order valence-electron chi connectivity index (χ4n) is 2.25. The van der Waals surface area contributed by atoms with Crippen LogP contribution in [0, 0.1) is 5.41 Å². The van der Waals surface area contributed by atoms with E-state index in [2.05, 4.69) is 5.32 Å². The Kier molecular flexibility index (Phi) is 7.17. The van der Waals surface area contributed by atoms with Crippen LogP contribution in [0.15, 0.2) is 53.4 Å². The van der Waals surface area contributed by atoms with Crippen LogP contribution in [-0.4, -0.2) is 26.0 Å². The number of hydrogen-bond donors (Lipinski definition) is 3. The monoisotopic (exact) mass is 396 g/mol. The zero-order chi connectivity index (χ0) is 18.6. The molecule has 0 aromatic heterocycles. The van der Waals surface area contributed by atoms with Crippen LogP contribution < -0.4 is 16.2 Å². The smallest absolute Gasteiger partial charge is 0.178 e. The average molecular weight is 397 g/mol. The number of hydrogen-bond acceptors (Lipinski definition) is 6. The number of carboxylic acids is 1. The first-order chi connectivity index (χ1) is 11.7. The third-order valence-corrected chi connectivity index (χ3v) is 5.41. The number of nitrogen functional groups attached to an aromatic ring is 1. The van der Waals surface area contributed by atoms with Crippen molar-refractivity contribution in [2.75, 3.05) is 11.1 Å². The third kappa shape index (κ3) is 4.96. The molecule has 140 valence electrons. The molecular weight excluding hydrogens is 378 g/mol. The highest BCUT2D eigenvalue weighted by atomic mass is 35.5. The largest absolute Gasteiger partial charge is 0.548 e. The van der Waals surface area contributed by atoms with Crippen molar-refractivity contribution in [2.45, 2.75) is 17.9 Å². The van der Waals surface area contributed by atoms with Gasteiger partial charge in [0.2, 0.25) is 0 Å². The Morgan fingerprint density at radius 2 is 1.85 bits per heavy atom. The minimum Gasteiger partial charge on any atom is -0.548 e. The first-order valence-electron chi connectivity index (χ1n) is 7.49. The standard InChI is InChI=1S/C17H19N3O4S.ClH/c1-2-25(23,24)14-5-3-4-12(10-14)15(17(21)22)20-13-8-6-11(7-9-13)16(18)19;/h3-10,15,20H,2H2,1H3,(H3,18,19)(H,21,22);1H/p-1. The van der Waals surface area contributed by atoms with Crippen molar-refractivity contribution in [2.24, 2.45) is 5.73 Å². The van der Waals surface area contributed by atoms with Gasteiger partial charge < -0.3 is 21.0 Å². The number of nitrogens with one attached hydrogen (secondary N) is 2. The van der Waals surface area contributed by atoms with E-state index in [1.54, 1.807) is 24.3 Å². The van der Waals surface area contributed by atoms with Gasteiger partial charge >= 0.3 is 0 Å². The van der Waals surface area contributed by atoms with Crippen LogP contribution in [0.5, 0.6) is 0 Å². The molecule has 2 aromatic carbocycles. The number of anilines is 1. The van der Waals surface area contributed by atoms with E-state index in [0.29, 0.717) is 11.3 Å². The molecule has 1 atom stereocenters. The van der Waals surface area contributed by atoms with E-state index in [0.717, 1.165) is 0 Å². The summed E-state index contributed by atoms with van der Waals surface area (Å²) in [4.78, 5) is 11.6. The number of nitrogens with two attached hydrogens (primary N) is 1. The lowest BCUT2D eigenvalue weighted by molar-refractivity contribution is -0.307. The third-order valence-electron chi connectivity index (χ3n) is 3.67. The van der Waals surface area contributed by atoms with E-state index < -0.39 is 21.8 Å². The predicted octanol–water partition coefficient (Wildman–Crippen LogP) is 1.09. The minimum atomic E-state index is -3.45. The Bertz CT molecular complexity index is 898. The van der Waals surface area contributed by atoms with Crippen LogP contribution in [0.3, 0.4) is 0 Å². The molecular formula is C17H19ClN3O4S-. The topological polar surface area (TPSA) is 136 Å². The maximum absolute atomic E-state index is 12.0. The van der Waals surface area contributed by atoms with Gasteiger partial charge in [-0.3, -0.25) is 5.41 Å². The number of rotatable bonds is 7. The first-order valence-corrected chi connectivity index (χ1v) is 9.14. The molecule has 0 fully saturated rings. The van der Waals surface area contributed by atoms with E-state index in [4.69, 9.17) is 11.1 Å². The predicted molar refractivity (Wildman–Crippen MR) is 100 cm³/mol. The lowest BCUT2D eigenvalue weighted by atomic mass is 10.1. The summed E-state index contributed by atoms with van der Waals surface area (Å²) in [5.41, 5.74) is 6.63. The summed E-state index contributed by atoms with van der Waals surface area (Å²) >= 11 is 0. The molecule has 0 saturated carbocycles. The van der Waals surface area contributed by atoms with Crippen LogP contribution in [-0.2, 0) is 14.6 Å². The molecule has 4 N–H and O–H groups in total. The van der Waals surface area contributed by atoms with Crippen molar-refractivity contribution < 1.29 is 18.3 Å². The van der Waals surface area contributed by atoms with Crippen molar-refractivity contribution >= 4 is 39.7 Å². The fourth-order valence-corrected chi connectivity index (χ4v) is 3.18. The molecule has 7 nitrogen and oxygen atoms in total. The Balaban J connectivity index is 0.00000338. The summed E-state index contributed by atoms with van der Waals surface area (Å²) in [6.07, 6.45) is 0. The lowest BCUT2D eigenvalue weighted by Crippen LogP contribution is -2.34. The van der Waals surface area contributed by atoms with Gasteiger partial charge in [0.15, 0.2) is 9.84 Å². The Morgan fingerprint density at radius 1 is 1.23 bits per heavy atom. The number of halogens is 1. The molecule has 2 aromatic rings. The maximum atomic E-state index is 12.0. The van der Waals surface area contributed by atoms with Crippen molar-refractivity contribution in [1.29, 1.82) is 5.41 Å². The van der Waals surface area contributed by atoms with Crippen LogP contribution in [0.2, 0.25) is 0 Å². The van der Waals surface area contributed by atoms with Gasteiger partial charge in [-0.1, -0.05) is 19.1 Å². The number of benzene rings is 2. The average Bonchev–Trinajstić information content (AvgIpc) is 2.60. The van der Waals surface area contributed by atoms with Gasteiger partial charge in [-0.05, 0) is 42.0 Å². The van der Waals surface area contributed by atoms with Crippen LogP contribution >= 0.6 is 12.4 Å². The summed E-state index contributed by atoms with van der Waals surface area (Å²) in [7, 11) is -3.45. The quantitative estimate of drug-likeness (QED) is 0.473. The van der Waals surface area contributed by atoms with Crippen molar-refractivity contribution in [3.63, 3.8) is 0 Å². The molecule has 0 aliphatic carbocycles. The second-order valence-corrected chi connectivity index (χ2v) is 7.64. The van der Waals surface area contributed by atoms with Crippen LogP contribution in [0.1, 0.15) is 24.1 Å². The number of carboxylic acid groups (broad SMARTS) is 1. The zero-order valence-electron chi connectivity index (χ0n) is 13.9. The molecule has 0 heterocycles. The summed E-state index contributed by atoms with van der Waals surface area (Å²) in [6, 6.07) is 10.9. The Hall–Kier alpha value is -2.58. The Labute approximate surface area is 158 Å². The van der Waals surface area contributed by atoms with Gasteiger partial charge in [-0.15, -0.1) is 12.4 Å². The van der Waals surface area contributed by atoms with E-state index in [1.165, 1.54) is 31.2 Å². The fraction of sp³-hybridized carbons (Fsp3) is 0.176. The van der Waals surface area contributed by atoms with Gasteiger partial charge in [0.05, 0.1) is 22.7 Å². The van der Waals surface area contributed by atoms with Crippen molar-refractivity contribution in [3.8, 4) is 0 Å². The van der Waals surface area contributed by atoms with Crippen molar-refractivity contribution in [1.82, 2.24) is 0 Å². The van der Waals surface area contributed by atoms with Crippen molar-refractivity contribution in [3.05, 3.63) is 59.7 Å². The SMILES string of the molecule is CCS(=O)(=O)c1cccc(C(Nc2ccc(C(=N)N)cc2)C(=O)[O-])c1.Cl. The molecule has 0 radical (unpaired) electrons. The van der Waals surface area contributed by atoms with E-state index in [9.17, 15) is 18.3 Å². The summed E-state index contributed by atoms with van der Waals surface area (Å²) in [6.45, 7) is 1.52. The van der Waals surface area contributed by atoms with E-state index >= 15 is 0 Å². The molecule has 0 amide bonds. The minimum absolute atomic E-state index is 0. The summed E-state index contributed by atoms with van der Waals surface area (Å²) in [5, 5.41) is 21.7. The zero-order valence-corrected chi connectivity index (χ0v) is 15.6. The van der Waals surface area contributed by atoms with Crippen LogP contribution in [0.4, 0.5) is 5.69 Å². The highest BCUT2D eigenvalue weighted by molar-refractivity contribution is 7.91. The number of carbonyl (C=O) groups is 1. The molecule has 0 aliphatic heterocycles. The molecule has 0 spiro atoms. The van der Waals surface area contributed by atoms with Gasteiger partial charge in [0.25, 0.3) is 0 Å². The molecule has 0 bridgehead atoms. The second-order valence-electron chi connectivity index (χ2n) is 5.36. The van der Waals surface area contributed by atoms with Gasteiger partial charge in [-0.25, -0.2) is 8.42 Å². The van der Waals surface area contributed by atoms with Gasteiger partial charge in [0, 0.05) is 11.3 Å². The molecule has 0 saturated heterocycles. The van der Waals surface area contributed by atoms with Gasteiger partial charge in [-0.2, -0.15) is 0 Å². The normalized spacial score (nSPS) is 11.9. The number of amidine groups is 1. The Morgan fingerprint density at radius 3 is 2.35 bits per heavy atom. The highest BCUT2D eigenvalue weighted by Gasteiger charge is 2.17. The second kappa shape index (κ2) is 8.68. The van der Waals surface area contributed by atoms with Crippen LogP contribution in [0.25, 0.3) is 0 Å². The first kappa shape index (κ1) is 21.5. The van der Waals surface area contributed by atoms with E-state index in [1.807, 2.05) is 0 Å². The molecule has 26 heavy (non-hydrogen) atoms. The molecule has 2 rings (SSSR count). The molecule has 0 aliphatic rings.